The third-order valence-corrected chi connectivity index (χ3v) is 5.99. The van der Waals surface area contributed by atoms with Gasteiger partial charge in [-0.1, -0.05) is 38.3 Å². The molecule has 34 heavy (non-hydrogen) atoms. The van der Waals surface area contributed by atoms with Gasteiger partial charge in [-0.2, -0.15) is 0 Å². The highest BCUT2D eigenvalue weighted by atomic mass is 16.6. The lowest BCUT2D eigenvalue weighted by molar-refractivity contribution is -0.385. The first-order valence-electron chi connectivity index (χ1n) is 10.6. The van der Waals surface area contributed by atoms with E-state index in [1.165, 1.54) is 23.8 Å². The van der Waals surface area contributed by atoms with Crippen LogP contribution >= 0.6 is 0 Å². The molecule has 3 aliphatic rings. The molecule has 2 amide bonds. The monoisotopic (exact) mass is 468 g/mol. The van der Waals surface area contributed by atoms with Crippen molar-refractivity contribution in [2.24, 2.45) is 0 Å². The number of nitrogen functional groups attached to an aromatic ring is 1. The van der Waals surface area contributed by atoms with Gasteiger partial charge in [0.2, 0.25) is 0 Å². The minimum atomic E-state index is -0.552. The summed E-state index contributed by atoms with van der Waals surface area (Å²) in [6.07, 6.45) is 2.56. The molecule has 5 rings (SSSR count). The van der Waals surface area contributed by atoms with Crippen LogP contribution in [-0.4, -0.2) is 53.8 Å². The van der Waals surface area contributed by atoms with Crippen LogP contribution in [0, 0.1) is 10.1 Å². The first-order chi connectivity index (χ1) is 15.7. The van der Waals surface area contributed by atoms with Crippen molar-refractivity contribution in [3.05, 3.63) is 75.3 Å². The second-order valence-corrected chi connectivity index (χ2v) is 7.99. The fraction of sp³-hybridized carbons (Fsp3) is 0.360. The molecule has 1 saturated heterocycles. The topological polar surface area (TPSA) is 119 Å². The molecular formula is C25H32N4O5. The first kappa shape index (κ1) is 26.5. The average Bonchev–Trinajstić information content (AvgIpc) is 3.51. The number of hydrogen-bond acceptors (Lipinski definition) is 6. The van der Waals surface area contributed by atoms with Gasteiger partial charge in [-0.05, 0) is 31.4 Å². The largest absolute Gasteiger partial charge is 0.398 e. The number of nitrogens with zero attached hydrogens (tertiary/aromatic N) is 3. The molecule has 0 spiro atoms. The van der Waals surface area contributed by atoms with Crippen molar-refractivity contribution in [3.8, 4) is 0 Å². The normalized spacial score (nSPS) is 17.7. The zero-order valence-corrected chi connectivity index (χ0v) is 19.0. The summed E-state index contributed by atoms with van der Waals surface area (Å²) < 4.78 is 4.94. The van der Waals surface area contributed by atoms with Gasteiger partial charge in [0.05, 0.1) is 16.5 Å². The van der Waals surface area contributed by atoms with Crippen LogP contribution in [0.2, 0.25) is 0 Å². The molecule has 0 aromatic heterocycles. The van der Waals surface area contributed by atoms with E-state index in [-0.39, 0.29) is 36.5 Å². The Kier molecular flexibility index (Phi) is 8.53. The van der Waals surface area contributed by atoms with E-state index in [9.17, 15) is 19.7 Å². The number of ether oxygens (including phenoxy) is 1. The number of nitrogens with two attached hydrogens (primary N) is 1. The van der Waals surface area contributed by atoms with E-state index < -0.39 is 4.92 Å². The Balaban J connectivity index is 0.000000196. The lowest BCUT2D eigenvalue weighted by Crippen LogP contribution is -2.21. The van der Waals surface area contributed by atoms with Crippen LogP contribution in [0.5, 0.6) is 0 Å². The van der Waals surface area contributed by atoms with Crippen LogP contribution in [0.3, 0.4) is 0 Å². The van der Waals surface area contributed by atoms with Crippen molar-refractivity contribution in [1.82, 2.24) is 9.80 Å². The summed E-state index contributed by atoms with van der Waals surface area (Å²) in [5, 5.41) is 10.7. The molecule has 182 valence electrons. The van der Waals surface area contributed by atoms with Crippen molar-refractivity contribution in [1.29, 1.82) is 0 Å². The van der Waals surface area contributed by atoms with E-state index in [0.29, 0.717) is 22.5 Å². The van der Waals surface area contributed by atoms with Crippen molar-refractivity contribution in [3.63, 3.8) is 0 Å². The highest BCUT2D eigenvalue weighted by molar-refractivity contribution is 6.11. The maximum atomic E-state index is 11.7. The summed E-state index contributed by atoms with van der Waals surface area (Å²) in [6, 6.07) is 10.3. The molecule has 9 heteroatoms. The standard InChI is InChI=1S/C10H8N2O3.C10H12N2O.C4H8O.CH4/c1-6-7-4-3-5-8(12(14)15)9(7)10(13)11(6)2;1-6-7-4-3-5-8(11)9(7)10(13)12(6)2;1-2-4-5-3-1;/h3-5H,1H2,2H3;3-6H,11H2,1-2H3;1-4H2;1H4. The van der Waals surface area contributed by atoms with Gasteiger partial charge in [0, 0.05) is 50.3 Å². The minimum absolute atomic E-state index is 0. The van der Waals surface area contributed by atoms with Crippen LogP contribution in [0.4, 0.5) is 11.4 Å². The maximum absolute atomic E-state index is 11.7. The van der Waals surface area contributed by atoms with Crippen molar-refractivity contribution < 1.29 is 19.2 Å². The van der Waals surface area contributed by atoms with E-state index in [2.05, 4.69) is 6.58 Å². The Morgan fingerprint density at radius 3 is 2.21 bits per heavy atom. The molecular weight excluding hydrogens is 436 g/mol. The van der Waals surface area contributed by atoms with Gasteiger partial charge >= 0.3 is 0 Å². The Morgan fingerprint density at radius 1 is 1.06 bits per heavy atom. The summed E-state index contributed by atoms with van der Waals surface area (Å²) >= 11 is 0. The van der Waals surface area contributed by atoms with Crippen molar-refractivity contribution in [2.45, 2.75) is 33.2 Å². The van der Waals surface area contributed by atoms with E-state index in [1.807, 2.05) is 19.1 Å². The molecule has 1 atom stereocenters. The second kappa shape index (κ2) is 10.9. The molecule has 2 aromatic carbocycles. The molecule has 9 nitrogen and oxygen atoms in total. The minimum Gasteiger partial charge on any atom is -0.398 e. The fourth-order valence-electron chi connectivity index (χ4n) is 3.88. The third kappa shape index (κ3) is 4.94. The molecule has 1 unspecified atom stereocenters. The smallest absolute Gasteiger partial charge is 0.282 e. The van der Waals surface area contributed by atoms with Crippen LogP contribution in [0.1, 0.15) is 65.1 Å². The van der Waals surface area contributed by atoms with Crippen LogP contribution in [0.15, 0.2) is 43.0 Å². The summed E-state index contributed by atoms with van der Waals surface area (Å²) in [5.41, 5.74) is 9.04. The quantitative estimate of drug-likeness (QED) is 0.374. The Bertz CT molecular complexity index is 1100. The molecule has 0 radical (unpaired) electrons. The number of carbonyl (C=O) groups is 2. The van der Waals surface area contributed by atoms with Gasteiger partial charge in [0.15, 0.2) is 0 Å². The van der Waals surface area contributed by atoms with Gasteiger partial charge in [0.25, 0.3) is 17.5 Å². The average molecular weight is 469 g/mol. The molecule has 0 saturated carbocycles. The maximum Gasteiger partial charge on any atom is 0.282 e. The highest BCUT2D eigenvalue weighted by Gasteiger charge is 2.35. The molecule has 0 bridgehead atoms. The van der Waals surface area contributed by atoms with Gasteiger partial charge in [-0.3, -0.25) is 19.7 Å². The molecule has 3 aliphatic heterocycles. The molecule has 2 aromatic rings. The second-order valence-electron chi connectivity index (χ2n) is 7.99. The van der Waals surface area contributed by atoms with Gasteiger partial charge in [-0.25, -0.2) is 0 Å². The molecule has 2 N–H and O–H groups in total. The number of hydrogen-bond donors (Lipinski definition) is 1. The summed E-state index contributed by atoms with van der Waals surface area (Å²) in [5.74, 6) is -0.345. The Labute approximate surface area is 199 Å². The number of amides is 2. The SMILES string of the molecule is C.C1CCOC1.C=C1c2cccc([N+](=O)[O-])c2C(=O)N1C.CC1c2cccc(N)c2C(=O)N1C. The van der Waals surface area contributed by atoms with Crippen molar-refractivity contribution in [2.75, 3.05) is 33.0 Å². The zero-order valence-electron chi connectivity index (χ0n) is 19.0. The fourth-order valence-corrected chi connectivity index (χ4v) is 3.88. The van der Waals surface area contributed by atoms with E-state index in [4.69, 9.17) is 10.5 Å². The zero-order chi connectivity index (χ0) is 24.3. The summed E-state index contributed by atoms with van der Waals surface area (Å²) in [4.78, 5) is 36.6. The first-order valence-corrected chi connectivity index (χ1v) is 10.6. The Hall–Kier alpha value is -3.72. The number of carbonyl (C=O) groups excluding carboxylic acids is 2. The third-order valence-electron chi connectivity index (χ3n) is 5.99. The van der Waals surface area contributed by atoms with Gasteiger partial charge in [-0.15, -0.1) is 0 Å². The predicted molar refractivity (Wildman–Crippen MR) is 132 cm³/mol. The lowest BCUT2D eigenvalue weighted by Gasteiger charge is -2.14. The van der Waals surface area contributed by atoms with Crippen LogP contribution in [-0.2, 0) is 4.74 Å². The Morgan fingerprint density at radius 2 is 1.68 bits per heavy atom. The van der Waals surface area contributed by atoms with E-state index >= 15 is 0 Å². The van der Waals surface area contributed by atoms with Crippen LogP contribution in [0.25, 0.3) is 5.70 Å². The lowest BCUT2D eigenvalue weighted by atomic mass is 10.0. The van der Waals surface area contributed by atoms with Crippen molar-refractivity contribution >= 4 is 28.9 Å². The van der Waals surface area contributed by atoms with Gasteiger partial charge in [0.1, 0.15) is 5.56 Å². The number of anilines is 1. The number of nitro benzene ring substituents is 1. The number of fused-ring (bicyclic) bond motifs is 2. The number of benzene rings is 2. The number of rotatable bonds is 1. The summed E-state index contributed by atoms with van der Waals surface area (Å²) in [7, 11) is 3.35. The van der Waals surface area contributed by atoms with E-state index in [1.54, 1.807) is 37.2 Å². The highest BCUT2D eigenvalue weighted by Crippen LogP contribution is 2.36. The predicted octanol–water partition coefficient (Wildman–Crippen LogP) is 4.50. The molecule has 1 fully saturated rings. The van der Waals surface area contributed by atoms with Gasteiger partial charge < -0.3 is 20.3 Å². The van der Waals surface area contributed by atoms with Crippen LogP contribution < -0.4 is 5.73 Å². The molecule has 0 aliphatic carbocycles. The molecule has 3 heterocycles. The number of nitro groups is 1. The summed E-state index contributed by atoms with van der Waals surface area (Å²) in [6.45, 7) is 7.71. The van der Waals surface area contributed by atoms with E-state index in [0.717, 1.165) is 18.8 Å².